The highest BCUT2D eigenvalue weighted by Crippen LogP contribution is 2.40. The fraction of sp³-hybridized carbons (Fsp3) is 0.273. The third kappa shape index (κ3) is 4.66. The Hall–Kier alpha value is -3.88. The molecule has 2 N–H and O–H groups in total. The van der Waals surface area contributed by atoms with E-state index in [1.54, 1.807) is 13.8 Å². The van der Waals surface area contributed by atoms with Crippen molar-refractivity contribution < 1.29 is 28.7 Å². The number of phenolic OH excluding ortho intramolecular Hbond substituents is 1. The maximum atomic E-state index is 12.2. The Morgan fingerprint density at radius 2 is 2.03 bits per heavy atom. The molecule has 9 heteroatoms. The monoisotopic (exact) mass is 423 g/mol. The zero-order valence-corrected chi connectivity index (χ0v) is 17.0. The molecule has 4 rings (SSSR count). The number of hydrogen-bond donors (Lipinski definition) is 2. The van der Waals surface area contributed by atoms with Crippen LogP contribution >= 0.6 is 0 Å². The van der Waals surface area contributed by atoms with E-state index >= 15 is 0 Å². The lowest BCUT2D eigenvalue weighted by Crippen LogP contribution is -2.36. The van der Waals surface area contributed by atoms with Crippen LogP contribution in [0, 0.1) is 0 Å². The van der Waals surface area contributed by atoms with Gasteiger partial charge in [0, 0.05) is 17.7 Å². The maximum Gasteiger partial charge on any atom is 0.258 e. The molecule has 1 amide bonds. The zero-order chi connectivity index (χ0) is 22.0. The van der Waals surface area contributed by atoms with Crippen molar-refractivity contribution in [1.82, 2.24) is 15.5 Å². The molecule has 1 aromatic heterocycles. The molecule has 0 unspecified atom stereocenters. The molecule has 31 heavy (non-hydrogen) atoms. The molecule has 3 aromatic rings. The number of ether oxygens (including phenoxy) is 2. The summed E-state index contributed by atoms with van der Waals surface area (Å²) in [6, 6.07) is 12.1. The molecule has 1 aliphatic heterocycles. The average molecular weight is 423 g/mol. The van der Waals surface area contributed by atoms with Crippen LogP contribution in [0.1, 0.15) is 36.5 Å². The Labute approximate surface area is 178 Å². The normalized spacial score (nSPS) is 14.5. The summed E-state index contributed by atoms with van der Waals surface area (Å²) in [5.41, 5.74) is 0.250. The van der Waals surface area contributed by atoms with Crippen LogP contribution in [-0.4, -0.2) is 39.1 Å². The van der Waals surface area contributed by atoms with Crippen LogP contribution in [0.3, 0.4) is 0 Å². The number of benzene rings is 2. The summed E-state index contributed by atoms with van der Waals surface area (Å²) in [6.45, 7) is 3.30. The van der Waals surface area contributed by atoms with Gasteiger partial charge < -0.3 is 24.4 Å². The lowest BCUT2D eigenvalue weighted by Gasteiger charge is -2.32. The van der Waals surface area contributed by atoms with Crippen molar-refractivity contribution in [3.05, 3.63) is 53.9 Å². The number of aromatic hydroxyl groups is 1. The van der Waals surface area contributed by atoms with Gasteiger partial charge >= 0.3 is 0 Å². The summed E-state index contributed by atoms with van der Waals surface area (Å²) >= 11 is 0. The summed E-state index contributed by atoms with van der Waals surface area (Å²) in [7, 11) is 0. The molecule has 0 fully saturated rings. The third-order valence-electron chi connectivity index (χ3n) is 4.61. The molecule has 0 saturated heterocycles. The molecule has 2 heterocycles. The number of phenols is 1. The number of carbonyl (C=O) groups excluding carboxylic acids is 2. The number of aromatic nitrogens is 2. The second-order valence-electron chi connectivity index (χ2n) is 7.72. The van der Waals surface area contributed by atoms with E-state index in [0.29, 0.717) is 5.82 Å². The van der Waals surface area contributed by atoms with Crippen LogP contribution < -0.4 is 14.8 Å². The van der Waals surface area contributed by atoms with Gasteiger partial charge in [0.05, 0.1) is 13.0 Å². The number of hydrogen-bond acceptors (Lipinski definition) is 8. The maximum absolute atomic E-state index is 12.2. The van der Waals surface area contributed by atoms with Crippen LogP contribution in [0.4, 0.5) is 0 Å². The molecule has 2 aromatic carbocycles. The number of nitrogens with zero attached hydrogens (tertiary/aromatic N) is 2. The van der Waals surface area contributed by atoms with E-state index in [-0.39, 0.29) is 54.1 Å². The number of amides is 1. The van der Waals surface area contributed by atoms with E-state index in [4.69, 9.17) is 14.0 Å². The summed E-state index contributed by atoms with van der Waals surface area (Å²) in [5.74, 6) is 0.261. The van der Waals surface area contributed by atoms with E-state index in [1.807, 2.05) is 30.3 Å². The molecule has 0 bridgehead atoms. The topological polar surface area (TPSA) is 124 Å². The Morgan fingerprint density at radius 3 is 2.81 bits per heavy atom. The van der Waals surface area contributed by atoms with Gasteiger partial charge in [0.2, 0.25) is 11.7 Å². The number of rotatable bonds is 6. The Bertz CT molecular complexity index is 1120. The Kier molecular flexibility index (Phi) is 5.33. The van der Waals surface area contributed by atoms with Gasteiger partial charge in [-0.1, -0.05) is 35.5 Å². The lowest BCUT2D eigenvalue weighted by atomic mass is 9.92. The van der Waals surface area contributed by atoms with E-state index < -0.39 is 11.5 Å². The number of nitrogens with one attached hydrogen (secondary N) is 1. The zero-order valence-electron chi connectivity index (χ0n) is 17.0. The lowest BCUT2D eigenvalue weighted by molar-refractivity contribution is -0.123. The highest BCUT2D eigenvalue weighted by molar-refractivity contribution is 6.03. The van der Waals surface area contributed by atoms with Gasteiger partial charge in [-0.2, -0.15) is 4.98 Å². The molecular formula is C22H21N3O6. The quantitative estimate of drug-likeness (QED) is 0.620. The molecule has 1 aliphatic rings. The van der Waals surface area contributed by atoms with Gasteiger partial charge in [-0.3, -0.25) is 9.59 Å². The molecule has 0 aliphatic carbocycles. The highest BCUT2D eigenvalue weighted by Gasteiger charge is 2.35. The second kappa shape index (κ2) is 8.10. The van der Waals surface area contributed by atoms with Gasteiger partial charge in [-0.05, 0) is 13.8 Å². The largest absolute Gasteiger partial charge is 0.507 e. The van der Waals surface area contributed by atoms with E-state index in [0.717, 1.165) is 5.56 Å². The fourth-order valence-corrected chi connectivity index (χ4v) is 3.23. The molecule has 0 atom stereocenters. The first kappa shape index (κ1) is 20.4. The standard InChI is InChI=1S/C22H21N3O6/c1-22(2)10-16(27)20-15(26)8-14(9-17(20)30-22)29-12-18(28)23-11-19-24-21(25-31-19)13-6-4-3-5-7-13/h3-9,26H,10-12H2,1-2H3,(H,23,28). The number of carbonyl (C=O) groups is 2. The molecule has 0 radical (unpaired) electrons. The summed E-state index contributed by atoms with van der Waals surface area (Å²) in [5, 5.41) is 16.7. The van der Waals surface area contributed by atoms with Crippen LogP contribution in [0.5, 0.6) is 17.2 Å². The van der Waals surface area contributed by atoms with Crippen molar-refractivity contribution in [3.8, 4) is 28.6 Å². The van der Waals surface area contributed by atoms with Crippen LogP contribution in [0.25, 0.3) is 11.4 Å². The Morgan fingerprint density at radius 1 is 1.26 bits per heavy atom. The van der Waals surface area contributed by atoms with Crippen molar-refractivity contribution in [3.63, 3.8) is 0 Å². The average Bonchev–Trinajstić information content (AvgIpc) is 3.19. The molecule has 0 saturated carbocycles. The highest BCUT2D eigenvalue weighted by atomic mass is 16.5. The predicted molar refractivity (Wildman–Crippen MR) is 109 cm³/mol. The second-order valence-corrected chi connectivity index (χ2v) is 7.72. The number of Topliss-reactive ketones (excluding diaryl/α,β-unsaturated/α-hetero) is 1. The van der Waals surface area contributed by atoms with Gasteiger partial charge in [0.15, 0.2) is 12.4 Å². The van der Waals surface area contributed by atoms with E-state index in [9.17, 15) is 14.7 Å². The van der Waals surface area contributed by atoms with Crippen molar-refractivity contribution in [1.29, 1.82) is 0 Å². The predicted octanol–water partition coefficient (Wildman–Crippen LogP) is 2.88. The third-order valence-corrected chi connectivity index (χ3v) is 4.61. The molecule has 0 spiro atoms. The van der Waals surface area contributed by atoms with Crippen LogP contribution in [-0.2, 0) is 11.3 Å². The summed E-state index contributed by atoms with van der Waals surface area (Å²) in [4.78, 5) is 28.6. The number of ketones is 1. The van der Waals surface area contributed by atoms with Crippen LogP contribution in [0.15, 0.2) is 47.0 Å². The van der Waals surface area contributed by atoms with Gasteiger partial charge in [0.1, 0.15) is 28.4 Å². The minimum Gasteiger partial charge on any atom is -0.507 e. The van der Waals surface area contributed by atoms with E-state index in [1.165, 1.54) is 12.1 Å². The van der Waals surface area contributed by atoms with Crippen LogP contribution in [0.2, 0.25) is 0 Å². The van der Waals surface area contributed by atoms with Gasteiger partial charge in [0.25, 0.3) is 5.91 Å². The SMILES string of the molecule is CC1(C)CC(=O)c2c(O)cc(OCC(=O)NCc3nc(-c4ccccc4)no3)cc2O1. The summed E-state index contributed by atoms with van der Waals surface area (Å²) in [6.07, 6.45) is 0.165. The van der Waals surface area contributed by atoms with E-state index in [2.05, 4.69) is 15.5 Å². The smallest absolute Gasteiger partial charge is 0.258 e. The Balaban J connectivity index is 1.34. The minimum atomic E-state index is -0.685. The van der Waals surface area contributed by atoms with Crippen molar-refractivity contribution >= 4 is 11.7 Å². The van der Waals surface area contributed by atoms with Crippen molar-refractivity contribution in [2.75, 3.05) is 6.61 Å². The molecule has 160 valence electrons. The van der Waals surface area contributed by atoms with Crippen molar-refractivity contribution in [2.45, 2.75) is 32.4 Å². The van der Waals surface area contributed by atoms with Crippen molar-refractivity contribution in [2.24, 2.45) is 0 Å². The first-order chi connectivity index (χ1) is 14.8. The summed E-state index contributed by atoms with van der Waals surface area (Å²) < 4.78 is 16.4. The van der Waals surface area contributed by atoms with Gasteiger partial charge in [-0.15, -0.1) is 0 Å². The number of fused-ring (bicyclic) bond motifs is 1. The molecule has 9 nitrogen and oxygen atoms in total. The fourth-order valence-electron chi connectivity index (χ4n) is 3.23. The molecular weight excluding hydrogens is 402 g/mol. The minimum absolute atomic E-state index is 0.0449. The first-order valence-electron chi connectivity index (χ1n) is 9.67. The first-order valence-corrected chi connectivity index (χ1v) is 9.67. The van der Waals surface area contributed by atoms with Gasteiger partial charge in [-0.25, -0.2) is 0 Å².